The van der Waals surface area contributed by atoms with Crippen LogP contribution in [0.1, 0.15) is 11.1 Å². The van der Waals surface area contributed by atoms with Gasteiger partial charge in [-0.3, -0.25) is 0 Å². The Kier molecular flexibility index (Phi) is 3.45. The molecule has 0 aromatic heterocycles. The van der Waals surface area contributed by atoms with Crippen LogP contribution in [0.5, 0.6) is 0 Å². The minimum atomic E-state index is -3.10. The summed E-state index contributed by atoms with van der Waals surface area (Å²) >= 11 is 0. The zero-order valence-corrected chi connectivity index (χ0v) is 10.2. The van der Waals surface area contributed by atoms with Crippen molar-refractivity contribution >= 4 is 9.84 Å². The number of hydrogen-bond donors (Lipinski definition) is 1. The molecule has 0 fully saturated rings. The highest BCUT2D eigenvalue weighted by molar-refractivity contribution is 7.94. The van der Waals surface area contributed by atoms with Gasteiger partial charge >= 0.3 is 0 Å². The largest absolute Gasteiger partial charge is 0.305 e. The quantitative estimate of drug-likeness (QED) is 0.889. The van der Waals surface area contributed by atoms with Crippen LogP contribution in [0.25, 0.3) is 0 Å². The molecule has 6 heteroatoms. The van der Waals surface area contributed by atoms with Crippen LogP contribution < -0.4 is 5.32 Å². The number of rotatable bonds is 3. The normalized spacial score (nSPS) is 20.8. The highest BCUT2D eigenvalue weighted by Gasteiger charge is 2.21. The average molecular weight is 266 g/mol. The molecule has 1 aromatic carbocycles. The Morgan fingerprint density at radius 2 is 2.28 bits per heavy atom. The highest BCUT2D eigenvalue weighted by Crippen LogP contribution is 2.12. The molecule has 1 aromatic rings. The van der Waals surface area contributed by atoms with Crippen LogP contribution in [0.2, 0.25) is 0 Å². The molecule has 0 amide bonds. The number of halogens is 1. The van der Waals surface area contributed by atoms with Crippen molar-refractivity contribution in [1.82, 2.24) is 5.32 Å². The topological polar surface area (TPSA) is 70.0 Å². The van der Waals surface area contributed by atoms with E-state index in [4.69, 9.17) is 5.26 Å². The van der Waals surface area contributed by atoms with E-state index in [0.29, 0.717) is 5.56 Å². The molecule has 94 valence electrons. The SMILES string of the molecule is N#Cc1ccc(CNC2C=CS(=O)(=O)C2)c(F)c1. The molecule has 0 radical (unpaired) electrons. The van der Waals surface area contributed by atoms with Crippen LogP contribution in [0, 0.1) is 17.1 Å². The van der Waals surface area contributed by atoms with Gasteiger partial charge in [0.15, 0.2) is 9.84 Å². The summed E-state index contributed by atoms with van der Waals surface area (Å²) in [7, 11) is -3.10. The minimum Gasteiger partial charge on any atom is -0.305 e. The minimum absolute atomic E-state index is 0.00486. The van der Waals surface area contributed by atoms with Gasteiger partial charge in [-0.2, -0.15) is 5.26 Å². The predicted molar refractivity (Wildman–Crippen MR) is 64.7 cm³/mol. The van der Waals surface area contributed by atoms with E-state index in [1.165, 1.54) is 17.5 Å². The summed E-state index contributed by atoms with van der Waals surface area (Å²) in [6.07, 6.45) is 1.55. The zero-order chi connectivity index (χ0) is 13.2. The van der Waals surface area contributed by atoms with Gasteiger partial charge in [-0.25, -0.2) is 12.8 Å². The first-order valence-corrected chi connectivity index (χ1v) is 7.04. The standard InChI is InChI=1S/C12H11FN2O2S/c13-12-5-9(6-14)1-2-10(12)7-15-11-3-4-18(16,17)8-11/h1-5,11,15H,7-8H2. The van der Waals surface area contributed by atoms with Gasteiger partial charge < -0.3 is 5.32 Å². The van der Waals surface area contributed by atoms with Gasteiger partial charge in [0.25, 0.3) is 0 Å². The number of nitrogens with zero attached hydrogens (tertiary/aromatic N) is 1. The van der Waals surface area contributed by atoms with Crippen molar-refractivity contribution in [3.63, 3.8) is 0 Å². The Bertz CT molecular complexity index is 632. The monoisotopic (exact) mass is 266 g/mol. The lowest BCUT2D eigenvalue weighted by Gasteiger charge is -2.10. The smallest absolute Gasteiger partial charge is 0.173 e. The van der Waals surface area contributed by atoms with Crippen LogP contribution in [-0.4, -0.2) is 20.2 Å². The van der Waals surface area contributed by atoms with E-state index in [1.807, 2.05) is 6.07 Å². The van der Waals surface area contributed by atoms with Crippen molar-refractivity contribution in [2.75, 3.05) is 5.75 Å². The first kappa shape index (κ1) is 12.7. The molecule has 1 heterocycles. The van der Waals surface area contributed by atoms with Crippen LogP contribution in [0.15, 0.2) is 29.7 Å². The third kappa shape index (κ3) is 2.94. The molecule has 1 aliphatic rings. The molecule has 1 atom stereocenters. The van der Waals surface area contributed by atoms with Gasteiger partial charge in [-0.1, -0.05) is 12.1 Å². The van der Waals surface area contributed by atoms with Crippen LogP contribution in [-0.2, 0) is 16.4 Å². The van der Waals surface area contributed by atoms with E-state index in [-0.39, 0.29) is 23.9 Å². The zero-order valence-electron chi connectivity index (χ0n) is 9.43. The summed E-state index contributed by atoms with van der Waals surface area (Å²) in [5.74, 6) is -0.461. The van der Waals surface area contributed by atoms with E-state index >= 15 is 0 Å². The summed E-state index contributed by atoms with van der Waals surface area (Å²) in [6, 6.07) is 5.78. The number of hydrogen-bond acceptors (Lipinski definition) is 4. The number of benzene rings is 1. The molecule has 18 heavy (non-hydrogen) atoms. The van der Waals surface area contributed by atoms with Crippen molar-refractivity contribution in [3.05, 3.63) is 46.6 Å². The molecule has 0 saturated heterocycles. The molecule has 0 spiro atoms. The van der Waals surface area contributed by atoms with Crippen molar-refractivity contribution in [3.8, 4) is 6.07 Å². The third-order valence-corrected chi connectivity index (χ3v) is 4.06. The average Bonchev–Trinajstić information content (AvgIpc) is 2.67. The summed E-state index contributed by atoms with van der Waals surface area (Å²) in [5, 5.41) is 12.7. The van der Waals surface area contributed by atoms with Gasteiger partial charge in [0.2, 0.25) is 0 Å². The van der Waals surface area contributed by atoms with E-state index in [0.717, 1.165) is 6.07 Å². The predicted octanol–water partition coefficient (Wildman–Crippen LogP) is 1.10. The van der Waals surface area contributed by atoms with E-state index in [1.54, 1.807) is 6.08 Å². The molecular formula is C12H11FN2O2S. The molecule has 1 N–H and O–H groups in total. The molecule has 0 aliphatic carbocycles. The lowest BCUT2D eigenvalue weighted by Crippen LogP contribution is -2.29. The molecular weight excluding hydrogens is 255 g/mol. The molecule has 1 unspecified atom stereocenters. The Hall–Kier alpha value is -1.71. The van der Waals surface area contributed by atoms with Crippen molar-refractivity contribution in [2.45, 2.75) is 12.6 Å². The molecule has 0 saturated carbocycles. The number of sulfone groups is 1. The van der Waals surface area contributed by atoms with Crippen LogP contribution in [0.3, 0.4) is 0 Å². The fraction of sp³-hybridized carbons (Fsp3) is 0.250. The van der Waals surface area contributed by atoms with E-state index in [9.17, 15) is 12.8 Å². The Morgan fingerprint density at radius 3 is 2.83 bits per heavy atom. The molecule has 4 nitrogen and oxygen atoms in total. The second-order valence-corrected chi connectivity index (χ2v) is 5.99. The number of nitriles is 1. The van der Waals surface area contributed by atoms with Gasteiger partial charge in [0.05, 0.1) is 17.4 Å². The third-order valence-electron chi connectivity index (χ3n) is 2.67. The van der Waals surface area contributed by atoms with Crippen molar-refractivity contribution in [1.29, 1.82) is 5.26 Å². The highest BCUT2D eigenvalue weighted by atomic mass is 32.2. The van der Waals surface area contributed by atoms with Gasteiger partial charge in [0.1, 0.15) is 5.82 Å². The lowest BCUT2D eigenvalue weighted by atomic mass is 10.1. The maximum atomic E-state index is 13.5. The summed E-state index contributed by atoms with van der Waals surface area (Å²) in [4.78, 5) is 0. The van der Waals surface area contributed by atoms with Crippen molar-refractivity contribution < 1.29 is 12.8 Å². The second-order valence-electron chi connectivity index (χ2n) is 4.06. The van der Waals surface area contributed by atoms with Crippen LogP contribution >= 0.6 is 0 Å². The Morgan fingerprint density at radius 1 is 1.50 bits per heavy atom. The summed E-state index contributed by atoms with van der Waals surface area (Å²) < 4.78 is 35.9. The molecule has 0 bridgehead atoms. The van der Waals surface area contributed by atoms with E-state index in [2.05, 4.69) is 5.32 Å². The molecule has 1 aliphatic heterocycles. The van der Waals surface area contributed by atoms with Gasteiger partial charge in [-0.15, -0.1) is 0 Å². The second kappa shape index (κ2) is 4.88. The van der Waals surface area contributed by atoms with Gasteiger partial charge in [0, 0.05) is 23.6 Å². The fourth-order valence-electron chi connectivity index (χ4n) is 1.70. The maximum Gasteiger partial charge on any atom is 0.173 e. The lowest BCUT2D eigenvalue weighted by molar-refractivity contribution is 0.568. The molecule has 2 rings (SSSR count). The summed E-state index contributed by atoms with van der Waals surface area (Å²) in [6.45, 7) is 0.224. The maximum absolute atomic E-state index is 13.5. The Balaban J connectivity index is 2.00. The first-order valence-electron chi connectivity index (χ1n) is 5.33. The first-order chi connectivity index (χ1) is 8.50. The van der Waals surface area contributed by atoms with Crippen molar-refractivity contribution in [2.24, 2.45) is 0 Å². The Labute approximate surface area is 105 Å². The fourth-order valence-corrected chi connectivity index (χ4v) is 2.97. The number of nitrogens with one attached hydrogen (secondary N) is 1. The van der Waals surface area contributed by atoms with Crippen LogP contribution in [0.4, 0.5) is 4.39 Å². The summed E-state index contributed by atoms with van der Waals surface area (Å²) in [5.41, 5.74) is 0.672. The van der Waals surface area contributed by atoms with Gasteiger partial charge in [-0.05, 0) is 12.1 Å². The van der Waals surface area contributed by atoms with E-state index < -0.39 is 15.7 Å².